The Morgan fingerprint density at radius 1 is 1.00 bits per heavy atom. The number of guanidine groups is 1. The Bertz CT molecular complexity index is 818. The quantitative estimate of drug-likeness (QED) is 0.0570. The highest BCUT2D eigenvalue weighted by Crippen LogP contribution is 2.19. The smallest absolute Gasteiger partial charge is 0.326 e. The molecule has 1 saturated heterocycles. The van der Waals surface area contributed by atoms with Crippen molar-refractivity contribution in [3.05, 3.63) is 0 Å². The Balaban J connectivity index is 2.94. The summed E-state index contributed by atoms with van der Waals surface area (Å²) in [7, 11) is 0. The van der Waals surface area contributed by atoms with E-state index in [1.165, 1.54) is 4.90 Å². The van der Waals surface area contributed by atoms with Crippen molar-refractivity contribution in [3.63, 3.8) is 0 Å². The van der Waals surface area contributed by atoms with Gasteiger partial charge in [-0.1, -0.05) is 0 Å². The van der Waals surface area contributed by atoms with Crippen LogP contribution in [0.5, 0.6) is 0 Å². The first kappa shape index (κ1) is 30.6. The topological polar surface area (TPSA) is 275 Å². The molecule has 1 fully saturated rings. The van der Waals surface area contributed by atoms with Crippen LogP contribution in [0.2, 0.25) is 0 Å². The summed E-state index contributed by atoms with van der Waals surface area (Å²) in [6, 6.07) is -4.33. The van der Waals surface area contributed by atoms with Gasteiger partial charge in [0, 0.05) is 13.1 Å². The molecule has 0 aliphatic carbocycles. The molecular formula is C21H39N9O6. The zero-order valence-electron chi connectivity index (χ0n) is 20.4. The molecule has 0 aromatic carbocycles. The number of hydrogen-bond donors (Lipinski definition) is 8. The second-order valence-corrected chi connectivity index (χ2v) is 8.66. The lowest BCUT2D eigenvalue weighted by Gasteiger charge is -2.28. The summed E-state index contributed by atoms with van der Waals surface area (Å²) in [5.74, 6) is -3.95. The highest BCUT2D eigenvalue weighted by molar-refractivity contribution is 5.95. The number of unbranched alkanes of at least 4 members (excludes halogenated alkanes) is 1. The molecule has 15 heteroatoms. The zero-order valence-corrected chi connectivity index (χ0v) is 20.4. The minimum absolute atomic E-state index is 0.116. The van der Waals surface area contributed by atoms with Crippen molar-refractivity contribution in [2.24, 2.45) is 33.7 Å². The molecule has 0 saturated carbocycles. The first-order valence-electron chi connectivity index (χ1n) is 11.9. The van der Waals surface area contributed by atoms with E-state index in [0.29, 0.717) is 38.6 Å². The van der Waals surface area contributed by atoms with Crippen LogP contribution in [0, 0.1) is 0 Å². The van der Waals surface area contributed by atoms with E-state index in [-0.39, 0.29) is 38.3 Å². The van der Waals surface area contributed by atoms with Crippen LogP contribution in [0.1, 0.15) is 51.4 Å². The lowest BCUT2D eigenvalue weighted by molar-refractivity contribution is -0.143. The van der Waals surface area contributed by atoms with Crippen LogP contribution in [0.15, 0.2) is 4.99 Å². The number of primary amides is 1. The molecule has 4 unspecified atom stereocenters. The summed E-state index contributed by atoms with van der Waals surface area (Å²) >= 11 is 0. The lowest BCUT2D eigenvalue weighted by Crippen LogP contribution is -2.56. The highest BCUT2D eigenvalue weighted by Gasteiger charge is 2.38. The molecule has 4 atom stereocenters. The normalized spacial score (nSPS) is 17.5. The van der Waals surface area contributed by atoms with Crippen molar-refractivity contribution in [2.75, 3.05) is 19.6 Å². The fraction of sp³-hybridized carbons (Fsp3) is 0.714. The SMILES string of the molecule is NCCCCC(NC(=O)C(CCCN=C(N)N)NC(=O)C1CCCN1C(=O)C(N)CC(N)=O)C(=O)O. The monoisotopic (exact) mass is 513 g/mol. The zero-order chi connectivity index (χ0) is 27.3. The van der Waals surface area contributed by atoms with Gasteiger partial charge in [0.2, 0.25) is 23.6 Å². The van der Waals surface area contributed by atoms with Crippen LogP contribution < -0.4 is 39.3 Å². The summed E-state index contributed by atoms with van der Waals surface area (Å²) in [4.78, 5) is 66.5. The first-order valence-corrected chi connectivity index (χ1v) is 11.9. The maximum atomic E-state index is 13.1. The molecule has 1 aliphatic rings. The van der Waals surface area contributed by atoms with Gasteiger partial charge in [0.1, 0.15) is 18.1 Å². The molecule has 36 heavy (non-hydrogen) atoms. The van der Waals surface area contributed by atoms with Crippen molar-refractivity contribution >= 4 is 35.6 Å². The maximum absolute atomic E-state index is 13.1. The first-order chi connectivity index (χ1) is 17.0. The highest BCUT2D eigenvalue weighted by atomic mass is 16.4. The van der Waals surface area contributed by atoms with E-state index >= 15 is 0 Å². The average Bonchev–Trinajstić information content (AvgIpc) is 3.29. The van der Waals surface area contributed by atoms with Crippen molar-refractivity contribution in [2.45, 2.75) is 75.5 Å². The molecule has 0 radical (unpaired) electrons. The number of aliphatic imine (C=N–C) groups is 1. The Kier molecular flexibility index (Phi) is 13.2. The molecule has 13 N–H and O–H groups in total. The number of carbonyl (C=O) groups is 5. The van der Waals surface area contributed by atoms with Crippen molar-refractivity contribution in [1.29, 1.82) is 0 Å². The number of likely N-dealkylation sites (tertiary alicyclic amines) is 1. The predicted octanol–water partition coefficient (Wildman–Crippen LogP) is -3.58. The molecule has 15 nitrogen and oxygen atoms in total. The Hall–Kier alpha value is -3.46. The van der Waals surface area contributed by atoms with Crippen LogP contribution in [-0.2, 0) is 24.0 Å². The Morgan fingerprint density at radius 2 is 1.67 bits per heavy atom. The van der Waals surface area contributed by atoms with Gasteiger partial charge < -0.3 is 49.3 Å². The number of nitrogens with two attached hydrogens (primary N) is 5. The molecule has 204 valence electrons. The fourth-order valence-electron chi connectivity index (χ4n) is 3.88. The number of amides is 4. The second-order valence-electron chi connectivity index (χ2n) is 8.66. The number of nitrogens with zero attached hydrogens (tertiary/aromatic N) is 2. The summed E-state index contributed by atoms with van der Waals surface area (Å²) in [6.45, 7) is 0.841. The van der Waals surface area contributed by atoms with Crippen molar-refractivity contribution in [3.8, 4) is 0 Å². The number of aliphatic carboxylic acids is 1. The molecule has 1 aliphatic heterocycles. The third-order valence-corrected chi connectivity index (χ3v) is 5.72. The summed E-state index contributed by atoms with van der Waals surface area (Å²) < 4.78 is 0. The standard InChI is InChI=1S/C21H39N9O6/c22-8-2-1-5-14(20(35)36)29-17(32)13(6-3-9-27-21(25)26)28-18(33)15-7-4-10-30(15)19(34)12(23)11-16(24)31/h12-15H,1-11,22-23H2,(H2,24,31)(H,28,33)(H,29,32)(H,35,36)(H4,25,26,27). The molecule has 1 heterocycles. The minimum atomic E-state index is -1.21. The number of carbonyl (C=O) groups excluding carboxylic acids is 4. The number of carboxylic acids is 1. The van der Waals surface area contributed by atoms with Gasteiger partial charge in [-0.25, -0.2) is 4.79 Å². The van der Waals surface area contributed by atoms with Gasteiger partial charge in [-0.05, 0) is 51.5 Å². The van der Waals surface area contributed by atoms with Crippen molar-refractivity contribution < 1.29 is 29.1 Å². The van der Waals surface area contributed by atoms with Gasteiger partial charge in [-0.3, -0.25) is 24.2 Å². The van der Waals surface area contributed by atoms with Crippen LogP contribution in [0.3, 0.4) is 0 Å². The fourth-order valence-corrected chi connectivity index (χ4v) is 3.88. The maximum Gasteiger partial charge on any atom is 0.326 e. The van der Waals surface area contributed by atoms with Gasteiger partial charge in [0.25, 0.3) is 0 Å². The largest absolute Gasteiger partial charge is 0.480 e. The third-order valence-electron chi connectivity index (χ3n) is 5.72. The second kappa shape index (κ2) is 15.5. The Labute approximate surface area is 209 Å². The number of nitrogens with one attached hydrogen (secondary N) is 2. The van der Waals surface area contributed by atoms with E-state index in [1.54, 1.807) is 0 Å². The lowest BCUT2D eigenvalue weighted by atomic mass is 10.1. The van der Waals surface area contributed by atoms with E-state index in [4.69, 9.17) is 28.7 Å². The summed E-state index contributed by atoms with van der Waals surface area (Å²) in [5, 5.41) is 14.6. The van der Waals surface area contributed by atoms with Crippen LogP contribution in [0.25, 0.3) is 0 Å². The molecule has 0 aromatic rings. The average molecular weight is 514 g/mol. The van der Waals surface area contributed by atoms with Gasteiger partial charge in [0.15, 0.2) is 5.96 Å². The molecule has 1 rings (SSSR count). The molecule has 0 spiro atoms. The van der Waals surface area contributed by atoms with Crippen LogP contribution in [-0.4, -0.2) is 89.4 Å². The Morgan fingerprint density at radius 3 is 2.25 bits per heavy atom. The number of hydrogen-bond acceptors (Lipinski definition) is 8. The number of rotatable bonds is 16. The van der Waals surface area contributed by atoms with E-state index < -0.39 is 53.8 Å². The summed E-state index contributed by atoms with van der Waals surface area (Å²) in [5.41, 5.74) is 27.0. The minimum Gasteiger partial charge on any atom is -0.480 e. The number of carboxylic acid groups (broad SMARTS) is 1. The van der Waals surface area contributed by atoms with Gasteiger partial charge in [-0.15, -0.1) is 0 Å². The van der Waals surface area contributed by atoms with Crippen molar-refractivity contribution in [1.82, 2.24) is 15.5 Å². The molecular weight excluding hydrogens is 474 g/mol. The van der Waals surface area contributed by atoms with Gasteiger partial charge in [-0.2, -0.15) is 0 Å². The van der Waals surface area contributed by atoms with E-state index in [9.17, 15) is 29.1 Å². The van der Waals surface area contributed by atoms with Crippen LogP contribution >= 0.6 is 0 Å². The third kappa shape index (κ3) is 10.4. The van der Waals surface area contributed by atoms with E-state index in [0.717, 1.165) is 0 Å². The van der Waals surface area contributed by atoms with E-state index in [1.807, 2.05) is 0 Å². The van der Waals surface area contributed by atoms with Gasteiger partial charge >= 0.3 is 5.97 Å². The van der Waals surface area contributed by atoms with E-state index in [2.05, 4.69) is 15.6 Å². The molecule has 0 bridgehead atoms. The van der Waals surface area contributed by atoms with Gasteiger partial charge in [0.05, 0.1) is 12.5 Å². The van der Waals surface area contributed by atoms with Crippen LogP contribution in [0.4, 0.5) is 0 Å². The molecule has 0 aromatic heterocycles. The molecule has 4 amide bonds. The summed E-state index contributed by atoms with van der Waals surface area (Å²) in [6.07, 6.45) is 2.21. The predicted molar refractivity (Wildman–Crippen MR) is 131 cm³/mol.